The monoisotopic (exact) mass is 478 g/mol. The Balaban J connectivity index is 1.45. The molecule has 0 unspecified atom stereocenters. The summed E-state index contributed by atoms with van der Waals surface area (Å²) in [5, 5.41) is 3.99. The Morgan fingerprint density at radius 3 is 2.77 bits per heavy atom. The molecule has 9 nitrogen and oxygen atoms in total. The van der Waals surface area contributed by atoms with Gasteiger partial charge in [-0.1, -0.05) is 29.0 Å². The third kappa shape index (κ3) is 5.13. The predicted molar refractivity (Wildman–Crippen MR) is 121 cm³/mol. The van der Waals surface area contributed by atoms with Crippen LogP contribution >= 0.6 is 22.9 Å². The number of benzene rings is 1. The van der Waals surface area contributed by atoms with Gasteiger partial charge in [0.25, 0.3) is 5.56 Å². The Labute approximate surface area is 187 Å². The number of pyridine rings is 1. The molecule has 0 saturated carbocycles. The average Bonchev–Trinajstić information content (AvgIpc) is 3.38. The highest BCUT2D eigenvalue weighted by atomic mass is 35.5. The van der Waals surface area contributed by atoms with Gasteiger partial charge >= 0.3 is 0 Å². The molecule has 12 heteroatoms. The van der Waals surface area contributed by atoms with Gasteiger partial charge in [0.05, 0.1) is 21.6 Å². The first-order chi connectivity index (χ1) is 14.9. The number of thiazole rings is 1. The van der Waals surface area contributed by atoms with Gasteiger partial charge in [-0.25, -0.2) is 23.1 Å². The van der Waals surface area contributed by atoms with Gasteiger partial charge in [0.1, 0.15) is 4.90 Å². The average molecular weight is 479 g/mol. The van der Waals surface area contributed by atoms with Gasteiger partial charge in [-0.3, -0.25) is 4.79 Å². The van der Waals surface area contributed by atoms with Crippen molar-refractivity contribution in [3.8, 4) is 0 Å². The minimum Gasteiger partial charge on any atom is -0.360 e. The normalized spacial score (nSPS) is 11.8. The van der Waals surface area contributed by atoms with Crippen molar-refractivity contribution in [2.24, 2.45) is 0 Å². The molecule has 3 aromatic heterocycles. The van der Waals surface area contributed by atoms with E-state index in [4.69, 9.17) is 11.6 Å². The molecule has 0 aliphatic rings. The molecule has 0 bridgehead atoms. The lowest BCUT2D eigenvalue weighted by molar-refractivity contribution is 0.570. The quantitative estimate of drug-likeness (QED) is 0.382. The zero-order valence-corrected chi connectivity index (χ0v) is 18.6. The van der Waals surface area contributed by atoms with Crippen molar-refractivity contribution in [1.29, 1.82) is 0 Å². The van der Waals surface area contributed by atoms with Crippen LogP contribution in [0.15, 0.2) is 64.9 Å². The summed E-state index contributed by atoms with van der Waals surface area (Å²) in [6.45, 7) is 1.65. The molecule has 162 valence electrons. The minimum absolute atomic E-state index is 0.0179. The summed E-state index contributed by atoms with van der Waals surface area (Å²) in [7, 11) is -3.85. The first-order valence-electron chi connectivity index (χ1n) is 9.37. The van der Waals surface area contributed by atoms with Gasteiger partial charge in [-0.15, -0.1) is 0 Å². The van der Waals surface area contributed by atoms with Crippen LogP contribution in [0.2, 0.25) is 5.02 Å². The molecule has 0 atom stereocenters. The fourth-order valence-electron chi connectivity index (χ4n) is 2.95. The lowest BCUT2D eigenvalue weighted by atomic mass is 10.3. The number of hydrogen-bond donors (Lipinski definition) is 2. The number of nitrogens with one attached hydrogen (secondary N) is 2. The van der Waals surface area contributed by atoms with E-state index in [0.29, 0.717) is 21.9 Å². The lowest BCUT2D eigenvalue weighted by Gasteiger charge is -2.09. The van der Waals surface area contributed by atoms with E-state index in [2.05, 4.69) is 20.0 Å². The SMILES string of the molecule is O=c1ccccn1CCNS(=O)(=O)c1cc2sc(NCCn3ccnc3)nc2cc1Cl. The summed E-state index contributed by atoms with van der Waals surface area (Å²) in [5.41, 5.74) is 0.425. The van der Waals surface area contributed by atoms with Crippen LogP contribution in [0.4, 0.5) is 5.13 Å². The maximum atomic E-state index is 12.8. The van der Waals surface area contributed by atoms with Crippen molar-refractivity contribution in [2.45, 2.75) is 18.0 Å². The third-order valence-corrected chi connectivity index (χ3v) is 7.38. The zero-order valence-electron chi connectivity index (χ0n) is 16.2. The van der Waals surface area contributed by atoms with Crippen molar-refractivity contribution in [2.75, 3.05) is 18.4 Å². The Hall–Kier alpha value is -2.73. The number of aromatic nitrogens is 4. The molecule has 0 fully saturated rings. The summed E-state index contributed by atoms with van der Waals surface area (Å²) < 4.78 is 32.1. The summed E-state index contributed by atoms with van der Waals surface area (Å²) in [6, 6.07) is 7.83. The maximum absolute atomic E-state index is 12.8. The second-order valence-corrected chi connectivity index (χ2v) is 9.80. The highest BCUT2D eigenvalue weighted by Gasteiger charge is 2.20. The minimum atomic E-state index is -3.85. The second kappa shape index (κ2) is 9.18. The van der Waals surface area contributed by atoms with Crippen LogP contribution < -0.4 is 15.6 Å². The third-order valence-electron chi connectivity index (χ3n) is 4.48. The summed E-state index contributed by atoms with van der Waals surface area (Å²) in [6.07, 6.45) is 6.93. The van der Waals surface area contributed by atoms with E-state index in [1.165, 1.54) is 28.0 Å². The first kappa shape index (κ1) is 21.5. The van der Waals surface area contributed by atoms with Crippen LogP contribution in [0.5, 0.6) is 0 Å². The number of halogens is 1. The lowest BCUT2D eigenvalue weighted by Crippen LogP contribution is -2.30. The van der Waals surface area contributed by atoms with Crippen LogP contribution in [0.1, 0.15) is 0 Å². The van der Waals surface area contributed by atoms with Crippen molar-refractivity contribution in [3.63, 3.8) is 0 Å². The topological polar surface area (TPSA) is 111 Å². The fraction of sp³-hybridized carbons (Fsp3) is 0.211. The Bertz CT molecular complexity index is 1350. The van der Waals surface area contributed by atoms with Crippen LogP contribution in [0.3, 0.4) is 0 Å². The van der Waals surface area contributed by atoms with E-state index in [1.54, 1.807) is 36.9 Å². The van der Waals surface area contributed by atoms with Crippen LogP contribution in [-0.4, -0.2) is 40.6 Å². The molecule has 0 amide bonds. The van der Waals surface area contributed by atoms with Crippen LogP contribution in [0.25, 0.3) is 10.2 Å². The molecule has 0 aliphatic carbocycles. The van der Waals surface area contributed by atoms with Crippen molar-refractivity contribution in [1.82, 2.24) is 23.8 Å². The molecule has 0 spiro atoms. The van der Waals surface area contributed by atoms with E-state index in [1.807, 2.05) is 10.8 Å². The largest absolute Gasteiger partial charge is 0.360 e. The molecule has 2 N–H and O–H groups in total. The number of fused-ring (bicyclic) bond motifs is 1. The Kier molecular flexibility index (Phi) is 6.37. The van der Waals surface area contributed by atoms with E-state index in [-0.39, 0.29) is 28.6 Å². The predicted octanol–water partition coefficient (Wildman–Crippen LogP) is 2.40. The molecular weight excluding hydrogens is 460 g/mol. The molecule has 0 radical (unpaired) electrons. The highest BCUT2D eigenvalue weighted by molar-refractivity contribution is 7.89. The Morgan fingerprint density at radius 1 is 1.13 bits per heavy atom. The number of imidazole rings is 1. The van der Waals surface area contributed by atoms with E-state index in [0.717, 1.165) is 6.54 Å². The number of sulfonamides is 1. The van der Waals surface area contributed by atoms with Crippen molar-refractivity contribution in [3.05, 3.63) is 70.6 Å². The molecule has 0 aliphatic heterocycles. The highest BCUT2D eigenvalue weighted by Crippen LogP contribution is 2.32. The van der Waals surface area contributed by atoms with Gasteiger partial charge < -0.3 is 14.5 Å². The molecular formula is C19H19ClN6O3S2. The second-order valence-electron chi connectivity index (χ2n) is 6.63. The zero-order chi connectivity index (χ0) is 21.8. The molecule has 4 aromatic rings. The van der Waals surface area contributed by atoms with Crippen molar-refractivity contribution >= 4 is 48.3 Å². The molecule has 31 heavy (non-hydrogen) atoms. The molecule has 4 rings (SSSR count). The maximum Gasteiger partial charge on any atom is 0.250 e. The van der Waals surface area contributed by atoms with Gasteiger partial charge in [-0.05, 0) is 18.2 Å². The number of anilines is 1. The summed E-state index contributed by atoms with van der Waals surface area (Å²) in [5.74, 6) is 0. The van der Waals surface area contributed by atoms with Crippen molar-refractivity contribution < 1.29 is 8.42 Å². The molecule has 3 heterocycles. The van der Waals surface area contributed by atoms with E-state index < -0.39 is 10.0 Å². The van der Waals surface area contributed by atoms with E-state index >= 15 is 0 Å². The molecule has 1 aromatic carbocycles. The van der Waals surface area contributed by atoms with Crippen LogP contribution in [-0.2, 0) is 23.1 Å². The molecule has 0 saturated heterocycles. The summed E-state index contributed by atoms with van der Waals surface area (Å²) >= 11 is 7.60. The van der Waals surface area contributed by atoms with Gasteiger partial charge in [-0.2, -0.15) is 0 Å². The van der Waals surface area contributed by atoms with Gasteiger partial charge in [0.15, 0.2) is 5.13 Å². The fourth-order valence-corrected chi connectivity index (χ4v) is 5.50. The van der Waals surface area contributed by atoms with E-state index in [9.17, 15) is 13.2 Å². The number of hydrogen-bond acceptors (Lipinski definition) is 7. The number of rotatable bonds is 9. The standard InChI is InChI=1S/C19H19ClN6O3S2/c20-14-11-15-16(30-19(24-15)22-5-9-25-8-4-21-13-25)12-17(14)31(28,29)23-6-10-26-7-2-1-3-18(26)27/h1-4,7-8,11-13,23H,5-6,9-10H2,(H,22,24). The van der Waals surface area contributed by atoms with Gasteiger partial charge in [0.2, 0.25) is 10.0 Å². The van der Waals surface area contributed by atoms with Crippen LogP contribution in [0, 0.1) is 0 Å². The number of nitrogens with zero attached hydrogens (tertiary/aromatic N) is 4. The van der Waals surface area contributed by atoms with Gasteiger partial charge in [0, 0.05) is 50.8 Å². The first-order valence-corrected chi connectivity index (χ1v) is 12.0. The smallest absolute Gasteiger partial charge is 0.250 e. The summed E-state index contributed by atoms with van der Waals surface area (Å²) in [4.78, 5) is 20.2. The Morgan fingerprint density at radius 2 is 2.00 bits per heavy atom.